The number of nitrogens with one attached hydrogen (secondary N) is 2. The van der Waals surface area contributed by atoms with Crippen molar-refractivity contribution in [2.75, 3.05) is 20.3 Å². The predicted octanol–water partition coefficient (Wildman–Crippen LogP) is 1.78. The van der Waals surface area contributed by atoms with E-state index in [2.05, 4.69) is 43.3 Å². The third kappa shape index (κ3) is 2.08. The standard InChI is InChI=1S/C18H31N3O2/c1-17(2)12(10-6-8-22-14(10)17)20-16(19-5)21-13-11-7-9-23-15(11)18(13,3)4/h10-15H,6-9H2,1-5H3,(H2,19,20,21). The van der Waals surface area contributed by atoms with Crippen LogP contribution in [0.5, 0.6) is 0 Å². The minimum atomic E-state index is 0.174. The fourth-order valence-electron chi connectivity index (χ4n) is 5.70. The van der Waals surface area contributed by atoms with E-state index in [1.807, 2.05) is 7.05 Å². The Morgan fingerprint density at radius 2 is 1.30 bits per heavy atom. The maximum atomic E-state index is 5.90. The van der Waals surface area contributed by atoms with Gasteiger partial charge >= 0.3 is 0 Å². The van der Waals surface area contributed by atoms with E-state index in [-0.39, 0.29) is 10.8 Å². The summed E-state index contributed by atoms with van der Waals surface area (Å²) in [4.78, 5) is 4.50. The zero-order valence-electron chi connectivity index (χ0n) is 15.1. The highest BCUT2D eigenvalue weighted by Gasteiger charge is 2.61. The average Bonchev–Trinajstić information content (AvgIpc) is 3.13. The molecule has 6 unspecified atom stereocenters. The first kappa shape index (κ1) is 15.7. The van der Waals surface area contributed by atoms with Crippen molar-refractivity contribution < 1.29 is 9.47 Å². The highest BCUT2D eigenvalue weighted by molar-refractivity contribution is 5.81. The number of fused-ring (bicyclic) bond motifs is 2. The summed E-state index contributed by atoms with van der Waals surface area (Å²) >= 11 is 0. The van der Waals surface area contributed by atoms with Crippen molar-refractivity contribution >= 4 is 5.96 Å². The normalized spacial score (nSPS) is 45.3. The molecule has 0 radical (unpaired) electrons. The molecule has 2 saturated carbocycles. The molecule has 2 saturated heterocycles. The van der Waals surface area contributed by atoms with Crippen molar-refractivity contribution in [3.63, 3.8) is 0 Å². The zero-order chi connectivity index (χ0) is 16.4. The van der Waals surface area contributed by atoms with Gasteiger partial charge in [0.25, 0.3) is 0 Å². The van der Waals surface area contributed by atoms with Crippen molar-refractivity contribution in [3.05, 3.63) is 0 Å². The van der Waals surface area contributed by atoms with Crippen LogP contribution in [0.2, 0.25) is 0 Å². The summed E-state index contributed by atoms with van der Waals surface area (Å²) in [5.74, 6) is 2.19. The Balaban J connectivity index is 1.42. The second kappa shape index (κ2) is 5.09. The Bertz CT molecular complexity index is 474. The number of hydrogen-bond donors (Lipinski definition) is 2. The van der Waals surface area contributed by atoms with Crippen LogP contribution in [0.15, 0.2) is 4.99 Å². The molecule has 5 heteroatoms. The van der Waals surface area contributed by atoms with Gasteiger partial charge in [0, 0.05) is 55.0 Å². The van der Waals surface area contributed by atoms with Gasteiger partial charge in [0.05, 0.1) is 12.2 Å². The van der Waals surface area contributed by atoms with Crippen LogP contribution in [-0.2, 0) is 9.47 Å². The SMILES string of the molecule is CN=C(NC1C2CCOC2C1(C)C)NC1C2CCOC2C1(C)C. The van der Waals surface area contributed by atoms with Crippen LogP contribution >= 0.6 is 0 Å². The monoisotopic (exact) mass is 321 g/mol. The Kier molecular flexibility index (Phi) is 3.48. The molecule has 4 fully saturated rings. The number of hydrogen-bond acceptors (Lipinski definition) is 3. The van der Waals surface area contributed by atoms with Gasteiger partial charge in [-0.15, -0.1) is 0 Å². The Labute approximate surface area is 139 Å². The van der Waals surface area contributed by atoms with Crippen molar-refractivity contribution in [1.29, 1.82) is 0 Å². The Hall–Kier alpha value is -0.810. The number of guanidine groups is 1. The molecule has 2 N–H and O–H groups in total. The van der Waals surface area contributed by atoms with Crippen molar-refractivity contribution in [1.82, 2.24) is 10.6 Å². The van der Waals surface area contributed by atoms with Crippen LogP contribution in [0, 0.1) is 22.7 Å². The van der Waals surface area contributed by atoms with Gasteiger partial charge in [-0.2, -0.15) is 0 Å². The zero-order valence-corrected chi connectivity index (χ0v) is 15.1. The third-order valence-corrected chi connectivity index (χ3v) is 7.01. The lowest BCUT2D eigenvalue weighted by Gasteiger charge is -2.57. The summed E-state index contributed by atoms with van der Waals surface area (Å²) in [6.07, 6.45) is 3.14. The predicted molar refractivity (Wildman–Crippen MR) is 90.5 cm³/mol. The van der Waals surface area contributed by atoms with Gasteiger partial charge in [-0.1, -0.05) is 27.7 Å². The molecule has 0 aromatic heterocycles. The number of rotatable bonds is 2. The molecule has 5 nitrogen and oxygen atoms in total. The molecule has 2 heterocycles. The lowest BCUT2D eigenvalue weighted by molar-refractivity contribution is -0.112. The summed E-state index contributed by atoms with van der Waals surface area (Å²) in [5, 5.41) is 7.40. The van der Waals surface area contributed by atoms with E-state index in [1.165, 1.54) is 0 Å². The summed E-state index contributed by atoms with van der Waals surface area (Å²) in [5.41, 5.74) is 0.347. The van der Waals surface area contributed by atoms with E-state index in [9.17, 15) is 0 Å². The summed E-state index contributed by atoms with van der Waals surface area (Å²) in [7, 11) is 1.87. The Morgan fingerprint density at radius 1 is 0.870 bits per heavy atom. The van der Waals surface area contributed by atoms with Crippen molar-refractivity contribution in [2.45, 2.75) is 64.8 Å². The molecular weight excluding hydrogens is 290 g/mol. The summed E-state index contributed by atoms with van der Waals surface area (Å²) < 4.78 is 11.8. The van der Waals surface area contributed by atoms with Gasteiger partial charge < -0.3 is 20.1 Å². The second-order valence-corrected chi connectivity index (χ2v) is 8.95. The van der Waals surface area contributed by atoms with Gasteiger partial charge in [-0.05, 0) is 12.8 Å². The van der Waals surface area contributed by atoms with Crippen molar-refractivity contribution in [3.8, 4) is 0 Å². The van der Waals surface area contributed by atoms with E-state index in [0.29, 0.717) is 36.1 Å². The van der Waals surface area contributed by atoms with Crippen LogP contribution in [0.1, 0.15) is 40.5 Å². The molecule has 4 aliphatic rings. The lowest BCUT2D eigenvalue weighted by atomic mass is 9.57. The molecule has 0 aromatic rings. The van der Waals surface area contributed by atoms with Crippen LogP contribution < -0.4 is 10.6 Å². The first-order chi connectivity index (χ1) is 10.9. The van der Waals surface area contributed by atoms with E-state index in [0.717, 1.165) is 32.0 Å². The highest BCUT2D eigenvalue weighted by Crippen LogP contribution is 2.53. The second-order valence-electron chi connectivity index (χ2n) is 8.95. The number of ether oxygens (including phenoxy) is 2. The van der Waals surface area contributed by atoms with Gasteiger partial charge in [0.1, 0.15) is 0 Å². The molecule has 0 amide bonds. The van der Waals surface area contributed by atoms with E-state index in [1.54, 1.807) is 0 Å². The highest BCUT2D eigenvalue weighted by atomic mass is 16.5. The molecule has 6 atom stereocenters. The molecular formula is C18H31N3O2. The molecule has 0 bridgehead atoms. The van der Waals surface area contributed by atoms with Crippen LogP contribution in [0.25, 0.3) is 0 Å². The number of nitrogens with zero attached hydrogens (tertiary/aromatic N) is 1. The van der Waals surface area contributed by atoms with Crippen LogP contribution in [0.3, 0.4) is 0 Å². The minimum absolute atomic E-state index is 0.174. The third-order valence-electron chi connectivity index (χ3n) is 7.01. The topological polar surface area (TPSA) is 54.9 Å². The fourth-order valence-corrected chi connectivity index (χ4v) is 5.70. The van der Waals surface area contributed by atoms with Gasteiger partial charge in [0.15, 0.2) is 5.96 Å². The largest absolute Gasteiger partial charge is 0.377 e. The molecule has 2 aliphatic heterocycles. The summed E-state index contributed by atoms with van der Waals surface area (Å²) in [6.45, 7) is 11.0. The molecule has 130 valence electrons. The van der Waals surface area contributed by atoms with Gasteiger partial charge in [-0.25, -0.2) is 0 Å². The van der Waals surface area contributed by atoms with E-state index in [4.69, 9.17) is 9.47 Å². The smallest absolute Gasteiger partial charge is 0.191 e. The van der Waals surface area contributed by atoms with Crippen LogP contribution in [0.4, 0.5) is 0 Å². The first-order valence-electron chi connectivity index (χ1n) is 9.10. The molecule has 2 aliphatic carbocycles. The Morgan fingerprint density at radius 3 is 1.70 bits per heavy atom. The quantitative estimate of drug-likeness (QED) is 0.601. The molecule has 0 spiro atoms. The number of aliphatic imine (C=N–C) groups is 1. The molecule has 4 rings (SSSR count). The summed E-state index contributed by atoms with van der Waals surface area (Å²) in [6, 6.07) is 0.889. The molecule has 0 aromatic carbocycles. The molecule has 23 heavy (non-hydrogen) atoms. The average molecular weight is 321 g/mol. The lowest BCUT2D eigenvalue weighted by Crippen LogP contribution is -2.71. The van der Waals surface area contributed by atoms with Crippen LogP contribution in [-0.4, -0.2) is 50.5 Å². The van der Waals surface area contributed by atoms with E-state index >= 15 is 0 Å². The van der Waals surface area contributed by atoms with Gasteiger partial charge in [0.2, 0.25) is 0 Å². The maximum Gasteiger partial charge on any atom is 0.191 e. The van der Waals surface area contributed by atoms with Gasteiger partial charge in [-0.3, -0.25) is 4.99 Å². The van der Waals surface area contributed by atoms with Crippen molar-refractivity contribution in [2.24, 2.45) is 27.7 Å². The van der Waals surface area contributed by atoms with E-state index < -0.39 is 0 Å². The first-order valence-corrected chi connectivity index (χ1v) is 9.10. The fraction of sp³-hybridized carbons (Fsp3) is 0.944. The maximum absolute atomic E-state index is 5.90. The minimum Gasteiger partial charge on any atom is -0.377 e.